The molecule has 8 heteroatoms. The summed E-state index contributed by atoms with van der Waals surface area (Å²) < 4.78 is 1.74. The van der Waals surface area contributed by atoms with Crippen molar-refractivity contribution in [2.75, 3.05) is 19.6 Å². The van der Waals surface area contributed by atoms with Gasteiger partial charge in [0.15, 0.2) is 5.69 Å². The summed E-state index contributed by atoms with van der Waals surface area (Å²) in [5.74, 6) is -1.10. The van der Waals surface area contributed by atoms with Gasteiger partial charge in [-0.25, -0.2) is 0 Å². The Kier molecular flexibility index (Phi) is 6.39. The number of nitrogens with zero attached hydrogens (tertiary/aromatic N) is 4. The molecule has 0 bridgehead atoms. The first-order valence-corrected chi connectivity index (χ1v) is 9.03. The highest BCUT2D eigenvalue weighted by atomic mass is 16.4. The number of carboxylic acid groups (broad SMARTS) is 1. The molecule has 1 aromatic rings. The van der Waals surface area contributed by atoms with Crippen LogP contribution in [-0.2, 0) is 16.6 Å². The summed E-state index contributed by atoms with van der Waals surface area (Å²) >= 11 is 0. The molecule has 0 aliphatic carbocycles. The number of carboxylic acids is 1. The van der Waals surface area contributed by atoms with E-state index in [1.54, 1.807) is 9.58 Å². The van der Waals surface area contributed by atoms with Crippen molar-refractivity contribution >= 4 is 17.8 Å². The van der Waals surface area contributed by atoms with Gasteiger partial charge in [0.2, 0.25) is 5.91 Å². The molecular formula is C18H28N4O4. The molecule has 1 aliphatic rings. The van der Waals surface area contributed by atoms with E-state index < -0.39 is 5.97 Å². The highest BCUT2D eigenvalue weighted by molar-refractivity contribution is 5.92. The third-order valence-corrected chi connectivity index (χ3v) is 4.86. The molecule has 1 fully saturated rings. The van der Waals surface area contributed by atoms with Crippen LogP contribution in [0.25, 0.3) is 0 Å². The maximum Gasteiger partial charge on any atom is 0.323 e. The number of carbonyl (C=O) groups excluding carboxylic acids is 2. The minimum Gasteiger partial charge on any atom is -0.480 e. The molecule has 26 heavy (non-hydrogen) atoms. The Morgan fingerprint density at radius 3 is 2.54 bits per heavy atom. The molecule has 144 valence electrons. The molecule has 2 amide bonds. The van der Waals surface area contributed by atoms with Crippen LogP contribution >= 0.6 is 0 Å². The molecular weight excluding hydrogens is 336 g/mol. The van der Waals surface area contributed by atoms with Crippen LogP contribution < -0.4 is 0 Å². The number of hydrogen-bond acceptors (Lipinski definition) is 4. The second kappa shape index (κ2) is 8.33. The molecule has 0 radical (unpaired) electrons. The van der Waals surface area contributed by atoms with Crippen molar-refractivity contribution in [3.05, 3.63) is 17.5 Å². The lowest BCUT2D eigenvalue weighted by Gasteiger charge is -2.28. The maximum absolute atomic E-state index is 12.8. The minimum absolute atomic E-state index is 0.110. The van der Waals surface area contributed by atoms with Gasteiger partial charge in [-0.2, -0.15) is 5.10 Å². The molecule has 1 saturated heterocycles. The first-order chi connectivity index (χ1) is 12.2. The zero-order valence-electron chi connectivity index (χ0n) is 15.9. The van der Waals surface area contributed by atoms with E-state index in [4.69, 9.17) is 5.11 Å². The highest BCUT2D eigenvalue weighted by Crippen LogP contribution is 2.20. The van der Waals surface area contributed by atoms with Crippen molar-refractivity contribution < 1.29 is 19.5 Å². The van der Waals surface area contributed by atoms with E-state index in [9.17, 15) is 14.4 Å². The number of carbonyl (C=O) groups is 3. The molecule has 1 atom stereocenters. The molecule has 2 rings (SSSR count). The fourth-order valence-corrected chi connectivity index (χ4v) is 3.53. The standard InChI is InChI=1S/C18H28N4O4/c1-12(2)16-10-15(19-20(16)4)18(26)21-8-5-6-14(7-9-21)22(13(3)23)11-17(24)25/h10,12,14H,5-9,11H2,1-4H3,(H,24,25). The number of hydrogen-bond donors (Lipinski definition) is 1. The van der Waals surface area contributed by atoms with Crippen LogP contribution in [0.3, 0.4) is 0 Å². The highest BCUT2D eigenvalue weighted by Gasteiger charge is 2.28. The van der Waals surface area contributed by atoms with Crippen LogP contribution in [-0.4, -0.2) is 68.1 Å². The zero-order valence-corrected chi connectivity index (χ0v) is 15.9. The SMILES string of the molecule is CC(=O)N(CC(=O)O)C1CCCN(C(=O)c2cc(C(C)C)n(C)n2)CC1. The molecule has 1 N–H and O–H groups in total. The van der Waals surface area contributed by atoms with E-state index in [0.717, 1.165) is 12.1 Å². The van der Waals surface area contributed by atoms with Crippen LogP contribution in [0.15, 0.2) is 6.07 Å². The van der Waals surface area contributed by atoms with Crippen LogP contribution in [0.2, 0.25) is 0 Å². The summed E-state index contributed by atoms with van der Waals surface area (Å²) in [6.45, 7) is 6.27. The summed E-state index contributed by atoms with van der Waals surface area (Å²) in [5.41, 5.74) is 1.44. The third-order valence-electron chi connectivity index (χ3n) is 4.86. The van der Waals surface area contributed by atoms with Crippen LogP contribution in [0.5, 0.6) is 0 Å². The molecule has 0 saturated carbocycles. The Balaban J connectivity index is 2.07. The predicted octanol–water partition coefficient (Wildman–Crippen LogP) is 1.47. The smallest absolute Gasteiger partial charge is 0.323 e. The monoisotopic (exact) mass is 364 g/mol. The topological polar surface area (TPSA) is 95.7 Å². The van der Waals surface area contributed by atoms with Gasteiger partial charge in [0.1, 0.15) is 6.54 Å². The second-order valence-corrected chi connectivity index (χ2v) is 7.15. The first-order valence-electron chi connectivity index (χ1n) is 9.03. The molecule has 2 heterocycles. The van der Waals surface area contributed by atoms with Crippen LogP contribution in [0.1, 0.15) is 62.1 Å². The van der Waals surface area contributed by atoms with Crippen molar-refractivity contribution in [3.8, 4) is 0 Å². The summed E-state index contributed by atoms with van der Waals surface area (Å²) in [5, 5.41) is 13.4. The Morgan fingerprint density at radius 2 is 2.00 bits per heavy atom. The van der Waals surface area contributed by atoms with E-state index >= 15 is 0 Å². The minimum atomic E-state index is -1.02. The van der Waals surface area contributed by atoms with E-state index in [1.165, 1.54) is 11.8 Å². The summed E-state index contributed by atoms with van der Waals surface area (Å²) in [4.78, 5) is 38.8. The van der Waals surface area contributed by atoms with Gasteiger partial charge < -0.3 is 14.9 Å². The summed E-state index contributed by atoms with van der Waals surface area (Å²) in [7, 11) is 1.83. The van der Waals surface area contributed by atoms with Gasteiger partial charge in [-0.05, 0) is 31.2 Å². The molecule has 1 aromatic heterocycles. The molecule has 8 nitrogen and oxygen atoms in total. The van der Waals surface area contributed by atoms with Gasteiger partial charge in [-0.3, -0.25) is 19.1 Å². The number of rotatable bonds is 5. The lowest BCUT2D eigenvalue weighted by Crippen LogP contribution is -2.43. The lowest BCUT2D eigenvalue weighted by atomic mass is 10.1. The van der Waals surface area contributed by atoms with Crippen LogP contribution in [0, 0.1) is 0 Å². The van der Waals surface area contributed by atoms with Crippen molar-refractivity contribution in [3.63, 3.8) is 0 Å². The molecule has 0 spiro atoms. The van der Waals surface area contributed by atoms with Crippen LogP contribution in [0.4, 0.5) is 0 Å². The fourth-order valence-electron chi connectivity index (χ4n) is 3.53. The number of aryl methyl sites for hydroxylation is 1. The Morgan fingerprint density at radius 1 is 1.31 bits per heavy atom. The zero-order chi connectivity index (χ0) is 19.4. The van der Waals surface area contributed by atoms with E-state index in [0.29, 0.717) is 31.6 Å². The second-order valence-electron chi connectivity index (χ2n) is 7.15. The number of aliphatic carboxylic acids is 1. The predicted molar refractivity (Wildman–Crippen MR) is 95.9 cm³/mol. The molecule has 0 aromatic carbocycles. The van der Waals surface area contributed by atoms with Gasteiger partial charge in [-0.1, -0.05) is 13.8 Å². The van der Waals surface area contributed by atoms with Crippen molar-refractivity contribution in [1.82, 2.24) is 19.6 Å². The molecule has 1 aliphatic heterocycles. The van der Waals surface area contributed by atoms with Crippen molar-refractivity contribution in [2.24, 2.45) is 7.05 Å². The Labute approximate surface area is 153 Å². The van der Waals surface area contributed by atoms with E-state index in [2.05, 4.69) is 18.9 Å². The largest absolute Gasteiger partial charge is 0.480 e. The number of likely N-dealkylation sites (tertiary alicyclic amines) is 1. The lowest BCUT2D eigenvalue weighted by molar-refractivity contribution is -0.145. The quantitative estimate of drug-likeness (QED) is 0.854. The number of aromatic nitrogens is 2. The van der Waals surface area contributed by atoms with Gasteiger partial charge in [-0.15, -0.1) is 0 Å². The normalized spacial score (nSPS) is 17.9. The van der Waals surface area contributed by atoms with E-state index in [1.807, 2.05) is 13.1 Å². The average molecular weight is 364 g/mol. The van der Waals surface area contributed by atoms with Crippen molar-refractivity contribution in [1.29, 1.82) is 0 Å². The summed E-state index contributed by atoms with van der Waals surface area (Å²) in [6.07, 6.45) is 1.99. The first kappa shape index (κ1) is 19.9. The Hall–Kier alpha value is -2.38. The van der Waals surface area contributed by atoms with Crippen molar-refractivity contribution in [2.45, 2.75) is 52.0 Å². The Bertz CT molecular complexity index is 683. The number of amides is 2. The summed E-state index contributed by atoms with van der Waals surface area (Å²) in [6, 6.07) is 1.68. The average Bonchev–Trinajstić information content (AvgIpc) is 2.79. The van der Waals surface area contributed by atoms with Gasteiger partial charge in [0.05, 0.1) is 0 Å². The maximum atomic E-state index is 12.8. The van der Waals surface area contributed by atoms with E-state index in [-0.39, 0.29) is 30.3 Å². The van der Waals surface area contributed by atoms with Gasteiger partial charge >= 0.3 is 5.97 Å². The van der Waals surface area contributed by atoms with Gasteiger partial charge in [0.25, 0.3) is 5.91 Å². The third kappa shape index (κ3) is 4.62. The van der Waals surface area contributed by atoms with Gasteiger partial charge in [0, 0.05) is 38.8 Å². The fraction of sp³-hybridized carbons (Fsp3) is 0.667. The molecule has 1 unspecified atom stereocenters.